The van der Waals surface area contributed by atoms with Crippen molar-refractivity contribution in [3.05, 3.63) is 106 Å². The Balaban J connectivity index is 1.49. The maximum Gasteiger partial charge on any atom is 0.251 e. The normalized spacial score (nSPS) is 17.9. The lowest BCUT2D eigenvalue weighted by molar-refractivity contribution is -0.133. The predicted molar refractivity (Wildman–Crippen MR) is 154 cm³/mol. The van der Waals surface area contributed by atoms with E-state index in [1.54, 1.807) is 18.2 Å². The van der Waals surface area contributed by atoms with Crippen molar-refractivity contribution < 1.29 is 9.59 Å². The molecule has 8 heteroatoms. The summed E-state index contributed by atoms with van der Waals surface area (Å²) in [4.78, 5) is 28.4. The van der Waals surface area contributed by atoms with Crippen molar-refractivity contribution in [2.45, 2.75) is 37.3 Å². The molecule has 0 radical (unpaired) electrons. The fourth-order valence-electron chi connectivity index (χ4n) is 4.90. The van der Waals surface area contributed by atoms with E-state index < -0.39 is 0 Å². The van der Waals surface area contributed by atoms with Gasteiger partial charge in [0.05, 0.1) is 16.1 Å². The van der Waals surface area contributed by atoms with E-state index in [2.05, 4.69) is 34.9 Å². The highest BCUT2D eigenvalue weighted by Crippen LogP contribution is 2.27. The highest BCUT2D eigenvalue weighted by molar-refractivity contribution is 6.42. The van der Waals surface area contributed by atoms with Crippen molar-refractivity contribution in [2.24, 2.45) is 5.73 Å². The largest absolute Gasteiger partial charge is 0.350 e. The van der Waals surface area contributed by atoms with Crippen LogP contribution < -0.4 is 16.4 Å². The maximum absolute atomic E-state index is 13.7. The van der Waals surface area contributed by atoms with Crippen molar-refractivity contribution in [1.29, 1.82) is 0 Å². The Hall–Kier alpha value is -2.90. The van der Waals surface area contributed by atoms with Crippen LogP contribution in [0.4, 0.5) is 0 Å². The minimum absolute atomic E-state index is 0.0578. The van der Waals surface area contributed by atoms with E-state index in [1.807, 2.05) is 41.3 Å². The van der Waals surface area contributed by atoms with Crippen LogP contribution in [0.25, 0.3) is 0 Å². The van der Waals surface area contributed by atoms with Gasteiger partial charge in [-0.2, -0.15) is 0 Å². The van der Waals surface area contributed by atoms with Gasteiger partial charge in [-0.1, -0.05) is 83.9 Å². The molecular formula is C30H34Cl2N4O2. The molecule has 3 aromatic rings. The third-order valence-corrected chi connectivity index (χ3v) is 7.73. The summed E-state index contributed by atoms with van der Waals surface area (Å²) < 4.78 is 0. The van der Waals surface area contributed by atoms with Gasteiger partial charge < -0.3 is 21.3 Å². The molecule has 1 aliphatic heterocycles. The van der Waals surface area contributed by atoms with Crippen molar-refractivity contribution in [1.82, 2.24) is 15.5 Å². The molecule has 0 saturated carbocycles. The van der Waals surface area contributed by atoms with Gasteiger partial charge in [-0.3, -0.25) is 9.59 Å². The van der Waals surface area contributed by atoms with E-state index in [9.17, 15) is 9.59 Å². The van der Waals surface area contributed by atoms with Crippen LogP contribution in [0.5, 0.6) is 0 Å². The van der Waals surface area contributed by atoms with Crippen LogP contribution >= 0.6 is 23.2 Å². The van der Waals surface area contributed by atoms with Gasteiger partial charge in [0, 0.05) is 37.2 Å². The highest BCUT2D eigenvalue weighted by Gasteiger charge is 2.32. The van der Waals surface area contributed by atoms with Gasteiger partial charge >= 0.3 is 0 Å². The summed E-state index contributed by atoms with van der Waals surface area (Å²) in [6.07, 6.45) is 2.09. The molecule has 38 heavy (non-hydrogen) atoms. The Kier molecular flexibility index (Phi) is 10.2. The van der Waals surface area contributed by atoms with Crippen LogP contribution in [-0.2, 0) is 4.79 Å². The summed E-state index contributed by atoms with van der Waals surface area (Å²) >= 11 is 12.1. The lowest BCUT2D eigenvalue weighted by Crippen LogP contribution is -2.49. The minimum atomic E-state index is -0.361. The SMILES string of the molecule is NCCC[C@@H]1N[C@H](CNC(=O)c2ccc(Cl)c(Cl)c2)CCN(CC(c2ccccc2)c2ccccc2)C1=O. The Morgan fingerprint density at radius 3 is 2.26 bits per heavy atom. The Morgan fingerprint density at radius 1 is 1.00 bits per heavy atom. The molecule has 0 spiro atoms. The van der Waals surface area contributed by atoms with Gasteiger partial charge in [0.1, 0.15) is 0 Å². The molecule has 1 saturated heterocycles. The summed E-state index contributed by atoms with van der Waals surface area (Å²) in [6, 6.07) is 25.0. The van der Waals surface area contributed by atoms with E-state index in [4.69, 9.17) is 28.9 Å². The summed E-state index contributed by atoms with van der Waals surface area (Å²) in [7, 11) is 0. The highest BCUT2D eigenvalue weighted by atomic mass is 35.5. The molecule has 4 N–H and O–H groups in total. The molecular weight excluding hydrogens is 519 g/mol. The molecule has 6 nitrogen and oxygen atoms in total. The second-order valence-corrected chi connectivity index (χ2v) is 10.4. The average molecular weight is 554 g/mol. The molecule has 0 aliphatic carbocycles. The van der Waals surface area contributed by atoms with E-state index >= 15 is 0 Å². The molecule has 2 atom stereocenters. The standard InChI is InChI=1S/C30H34Cl2N4O2/c31-26-14-13-23(18-27(26)32)29(37)34-19-24-15-17-36(30(38)28(35-24)12-7-16-33)20-25(21-8-3-1-4-9-21)22-10-5-2-6-11-22/h1-6,8-11,13-14,18,24-25,28,35H,7,12,15-17,19-20,33H2,(H,34,37)/t24-,28-/m0/s1. The van der Waals surface area contributed by atoms with E-state index in [0.717, 1.165) is 6.42 Å². The van der Waals surface area contributed by atoms with Gasteiger partial charge in [0.2, 0.25) is 5.91 Å². The number of nitrogens with two attached hydrogens (primary N) is 1. The number of benzene rings is 3. The lowest BCUT2D eigenvalue weighted by atomic mass is 9.90. The van der Waals surface area contributed by atoms with Crippen molar-refractivity contribution in [3.63, 3.8) is 0 Å². The number of rotatable bonds is 10. The number of carbonyl (C=O) groups excluding carboxylic acids is 2. The van der Waals surface area contributed by atoms with Crippen LogP contribution in [0.3, 0.4) is 0 Å². The number of amides is 2. The van der Waals surface area contributed by atoms with Gasteiger partial charge in [-0.05, 0) is 55.1 Å². The van der Waals surface area contributed by atoms with Gasteiger partial charge in [-0.25, -0.2) is 0 Å². The molecule has 0 unspecified atom stereocenters. The van der Waals surface area contributed by atoms with E-state index in [-0.39, 0.29) is 29.8 Å². The van der Waals surface area contributed by atoms with Crippen LogP contribution in [0, 0.1) is 0 Å². The summed E-state index contributed by atoms with van der Waals surface area (Å²) in [5.41, 5.74) is 8.58. The number of carbonyl (C=O) groups is 2. The van der Waals surface area contributed by atoms with Gasteiger partial charge in [-0.15, -0.1) is 0 Å². The number of nitrogens with one attached hydrogen (secondary N) is 2. The quantitative estimate of drug-likeness (QED) is 0.335. The summed E-state index contributed by atoms with van der Waals surface area (Å²) in [5, 5.41) is 7.22. The number of hydrogen-bond acceptors (Lipinski definition) is 4. The zero-order valence-corrected chi connectivity index (χ0v) is 22.8. The first-order valence-corrected chi connectivity index (χ1v) is 13.8. The van der Waals surface area contributed by atoms with Crippen molar-refractivity contribution >= 4 is 35.0 Å². The zero-order valence-electron chi connectivity index (χ0n) is 21.3. The molecule has 1 fully saturated rings. The first-order chi connectivity index (χ1) is 18.5. The lowest BCUT2D eigenvalue weighted by Gasteiger charge is -2.29. The number of nitrogens with zero attached hydrogens (tertiary/aromatic N) is 1. The fourth-order valence-corrected chi connectivity index (χ4v) is 5.20. The topological polar surface area (TPSA) is 87.5 Å². The Bertz CT molecular complexity index is 1170. The molecule has 1 heterocycles. The number of hydrogen-bond donors (Lipinski definition) is 3. The van der Waals surface area contributed by atoms with E-state index in [0.29, 0.717) is 54.6 Å². The first kappa shape index (κ1) is 28.1. The van der Waals surface area contributed by atoms with Crippen molar-refractivity contribution in [2.75, 3.05) is 26.2 Å². The number of halogens is 2. The van der Waals surface area contributed by atoms with Crippen LogP contribution in [0.15, 0.2) is 78.9 Å². The van der Waals surface area contributed by atoms with Crippen molar-refractivity contribution in [3.8, 4) is 0 Å². The monoisotopic (exact) mass is 552 g/mol. The zero-order chi connectivity index (χ0) is 26.9. The van der Waals surface area contributed by atoms with Crippen LogP contribution in [0.1, 0.15) is 46.7 Å². The van der Waals surface area contributed by atoms with Gasteiger partial charge in [0.25, 0.3) is 5.91 Å². The van der Waals surface area contributed by atoms with E-state index in [1.165, 1.54) is 11.1 Å². The van der Waals surface area contributed by atoms with Gasteiger partial charge in [0.15, 0.2) is 0 Å². The molecule has 4 rings (SSSR count). The molecule has 0 bridgehead atoms. The second-order valence-electron chi connectivity index (χ2n) is 9.63. The minimum Gasteiger partial charge on any atom is -0.350 e. The summed E-state index contributed by atoms with van der Waals surface area (Å²) in [6.45, 7) is 2.07. The summed E-state index contributed by atoms with van der Waals surface area (Å²) in [5.74, 6) is -0.0967. The molecule has 2 amide bonds. The molecule has 3 aromatic carbocycles. The predicted octanol–water partition coefficient (Wildman–Crippen LogP) is 4.85. The molecule has 1 aliphatic rings. The fraction of sp³-hybridized carbons (Fsp3) is 0.333. The second kappa shape index (κ2) is 13.8. The first-order valence-electron chi connectivity index (χ1n) is 13.0. The van der Waals surface area contributed by atoms with Crippen LogP contribution in [-0.4, -0.2) is 55.0 Å². The average Bonchev–Trinajstić information content (AvgIpc) is 3.09. The smallest absolute Gasteiger partial charge is 0.251 e. The Morgan fingerprint density at radius 2 is 1.66 bits per heavy atom. The van der Waals surface area contributed by atoms with Crippen LogP contribution in [0.2, 0.25) is 10.0 Å². The third-order valence-electron chi connectivity index (χ3n) is 6.99. The molecule has 0 aromatic heterocycles. The third kappa shape index (κ3) is 7.35. The maximum atomic E-state index is 13.7. The Labute approximate surface area is 234 Å². The molecule has 200 valence electrons.